The van der Waals surface area contributed by atoms with E-state index in [0.29, 0.717) is 5.92 Å². The first-order valence-electron chi connectivity index (χ1n) is 8.11. The second kappa shape index (κ2) is 6.53. The fourth-order valence-corrected chi connectivity index (χ4v) is 2.52. The zero-order chi connectivity index (χ0) is 16.5. The predicted octanol–water partition coefficient (Wildman–Crippen LogP) is 4.88. The van der Waals surface area contributed by atoms with E-state index in [2.05, 4.69) is 20.8 Å². The maximum Gasteiger partial charge on any atom is 0.239 e. The summed E-state index contributed by atoms with van der Waals surface area (Å²) >= 11 is 0. The van der Waals surface area contributed by atoms with E-state index in [4.69, 9.17) is 19.6 Å². The summed E-state index contributed by atoms with van der Waals surface area (Å²) < 4.78 is 0. The summed E-state index contributed by atoms with van der Waals surface area (Å²) in [7, 11) is 0. The molecule has 0 N–H and O–H groups in total. The number of rotatable bonds is 4. The Balaban J connectivity index is 2.96. The Labute approximate surface area is 130 Å². The van der Waals surface area contributed by atoms with Gasteiger partial charge in [-0.1, -0.05) is 20.8 Å². The molecule has 0 radical (unpaired) electrons. The lowest BCUT2D eigenvalue weighted by atomic mass is 9.71. The van der Waals surface area contributed by atoms with Crippen molar-refractivity contribution >= 4 is 0 Å². The molecule has 0 aromatic rings. The quantitative estimate of drug-likeness (QED) is 0.421. The Morgan fingerprint density at radius 1 is 0.762 bits per heavy atom. The van der Waals surface area contributed by atoms with Crippen LogP contribution in [0.2, 0.25) is 0 Å². The van der Waals surface area contributed by atoms with Crippen LogP contribution in [0.1, 0.15) is 75.2 Å². The molecule has 126 valence electrons. The second-order valence-corrected chi connectivity index (χ2v) is 8.52. The van der Waals surface area contributed by atoms with E-state index in [1.807, 2.05) is 41.5 Å². The van der Waals surface area contributed by atoms with Crippen LogP contribution in [0.4, 0.5) is 0 Å². The van der Waals surface area contributed by atoms with Crippen LogP contribution in [0.25, 0.3) is 0 Å². The van der Waals surface area contributed by atoms with Gasteiger partial charge in [-0.2, -0.15) is 9.78 Å². The van der Waals surface area contributed by atoms with E-state index < -0.39 is 17.0 Å². The molecule has 0 spiro atoms. The summed E-state index contributed by atoms with van der Waals surface area (Å²) in [5, 5.41) is 0. The fraction of sp³-hybridized carbons (Fsp3) is 1.00. The maximum absolute atomic E-state index is 5.88. The van der Waals surface area contributed by atoms with Gasteiger partial charge in [-0.05, 0) is 60.3 Å². The van der Waals surface area contributed by atoms with Crippen LogP contribution < -0.4 is 0 Å². The molecule has 0 bridgehead atoms. The van der Waals surface area contributed by atoms with Gasteiger partial charge in [0.1, 0.15) is 0 Å². The van der Waals surface area contributed by atoms with Crippen LogP contribution in [0, 0.1) is 17.8 Å². The molecule has 4 nitrogen and oxygen atoms in total. The Kier molecular flexibility index (Phi) is 5.87. The van der Waals surface area contributed by atoms with E-state index >= 15 is 0 Å². The van der Waals surface area contributed by atoms with Crippen molar-refractivity contribution in [2.24, 2.45) is 17.8 Å². The van der Waals surface area contributed by atoms with Crippen molar-refractivity contribution in [3.8, 4) is 0 Å². The molecule has 1 rings (SSSR count). The molecule has 1 fully saturated rings. The van der Waals surface area contributed by atoms with Crippen molar-refractivity contribution in [1.29, 1.82) is 0 Å². The highest BCUT2D eigenvalue weighted by atomic mass is 17.3. The van der Waals surface area contributed by atoms with Gasteiger partial charge < -0.3 is 0 Å². The highest BCUT2D eigenvalue weighted by molar-refractivity contribution is 4.89. The molecule has 0 aromatic carbocycles. The standard InChI is InChI=1S/C17H34O4/c1-12-10-11-13(2)17(14(12)3,20-18-15(4,5)6)21-19-16(7,8)9/h12-14H,10-11H2,1-9H3. The summed E-state index contributed by atoms with van der Waals surface area (Å²) in [4.78, 5) is 23.0. The number of hydrogen-bond acceptors (Lipinski definition) is 4. The van der Waals surface area contributed by atoms with Crippen LogP contribution >= 0.6 is 0 Å². The molecule has 0 amide bonds. The third kappa shape index (κ3) is 5.20. The molecule has 0 heterocycles. The van der Waals surface area contributed by atoms with Gasteiger partial charge in [-0.25, -0.2) is 9.78 Å². The van der Waals surface area contributed by atoms with Gasteiger partial charge in [-0.15, -0.1) is 0 Å². The summed E-state index contributed by atoms with van der Waals surface area (Å²) in [6.45, 7) is 18.3. The lowest BCUT2D eigenvalue weighted by Gasteiger charge is -2.47. The molecule has 1 aliphatic rings. The fourth-order valence-electron chi connectivity index (χ4n) is 2.52. The first-order valence-corrected chi connectivity index (χ1v) is 8.11. The Morgan fingerprint density at radius 2 is 1.19 bits per heavy atom. The average Bonchev–Trinajstić information content (AvgIpc) is 2.31. The lowest BCUT2D eigenvalue weighted by molar-refractivity contribution is -0.566. The summed E-state index contributed by atoms with van der Waals surface area (Å²) in [6, 6.07) is 0. The normalized spacial score (nSPS) is 30.4. The zero-order valence-corrected chi connectivity index (χ0v) is 15.3. The molecule has 0 aromatic heterocycles. The van der Waals surface area contributed by atoms with Gasteiger partial charge in [0.2, 0.25) is 5.79 Å². The van der Waals surface area contributed by atoms with Crippen molar-refractivity contribution < 1.29 is 19.6 Å². The van der Waals surface area contributed by atoms with E-state index in [0.717, 1.165) is 6.42 Å². The third-order valence-corrected chi connectivity index (χ3v) is 4.07. The van der Waals surface area contributed by atoms with Gasteiger partial charge in [0, 0.05) is 11.8 Å². The summed E-state index contributed by atoms with van der Waals surface area (Å²) in [6.07, 6.45) is 2.20. The second-order valence-electron chi connectivity index (χ2n) is 8.52. The maximum atomic E-state index is 5.88. The first kappa shape index (κ1) is 18.9. The SMILES string of the molecule is CC1CCC(C)C(OOC(C)(C)C)(OOC(C)(C)C)C1C. The van der Waals surface area contributed by atoms with E-state index in [1.165, 1.54) is 6.42 Å². The number of hydrogen-bond donors (Lipinski definition) is 0. The van der Waals surface area contributed by atoms with E-state index in [-0.39, 0.29) is 11.8 Å². The van der Waals surface area contributed by atoms with Crippen molar-refractivity contribution in [1.82, 2.24) is 0 Å². The van der Waals surface area contributed by atoms with Crippen LogP contribution in [-0.4, -0.2) is 17.0 Å². The first-order chi connectivity index (χ1) is 9.37. The van der Waals surface area contributed by atoms with Crippen LogP contribution in [0.3, 0.4) is 0 Å². The summed E-state index contributed by atoms with van der Waals surface area (Å²) in [5.74, 6) is 0.0192. The van der Waals surface area contributed by atoms with Gasteiger partial charge >= 0.3 is 0 Å². The van der Waals surface area contributed by atoms with Crippen molar-refractivity contribution in [2.45, 2.75) is 92.1 Å². The molecular weight excluding hydrogens is 268 g/mol. The third-order valence-electron chi connectivity index (χ3n) is 4.07. The zero-order valence-electron chi connectivity index (χ0n) is 15.3. The van der Waals surface area contributed by atoms with Gasteiger partial charge in [0.05, 0.1) is 11.2 Å². The molecule has 0 saturated heterocycles. The Hall–Kier alpha value is -0.160. The van der Waals surface area contributed by atoms with Crippen molar-refractivity contribution in [2.75, 3.05) is 0 Å². The Bertz CT molecular complexity index is 309. The molecule has 0 aliphatic heterocycles. The topological polar surface area (TPSA) is 36.9 Å². The van der Waals surface area contributed by atoms with Gasteiger partial charge in [-0.3, -0.25) is 0 Å². The molecular formula is C17H34O4. The lowest BCUT2D eigenvalue weighted by Crippen LogP contribution is -2.54. The highest BCUT2D eigenvalue weighted by Crippen LogP contribution is 2.46. The molecule has 1 saturated carbocycles. The van der Waals surface area contributed by atoms with Gasteiger partial charge in [0.15, 0.2) is 0 Å². The minimum atomic E-state index is -0.863. The average molecular weight is 302 g/mol. The van der Waals surface area contributed by atoms with Crippen molar-refractivity contribution in [3.63, 3.8) is 0 Å². The van der Waals surface area contributed by atoms with E-state index in [9.17, 15) is 0 Å². The Morgan fingerprint density at radius 3 is 1.57 bits per heavy atom. The summed E-state index contributed by atoms with van der Waals surface area (Å²) in [5.41, 5.74) is -0.781. The minimum Gasteiger partial charge on any atom is -0.228 e. The van der Waals surface area contributed by atoms with Crippen LogP contribution in [0.15, 0.2) is 0 Å². The minimum absolute atomic E-state index is 0.186. The monoisotopic (exact) mass is 302 g/mol. The van der Waals surface area contributed by atoms with Crippen LogP contribution in [0.5, 0.6) is 0 Å². The smallest absolute Gasteiger partial charge is 0.228 e. The molecule has 1 aliphatic carbocycles. The molecule has 21 heavy (non-hydrogen) atoms. The van der Waals surface area contributed by atoms with Crippen LogP contribution in [-0.2, 0) is 19.6 Å². The van der Waals surface area contributed by atoms with Gasteiger partial charge in [0.25, 0.3) is 0 Å². The largest absolute Gasteiger partial charge is 0.239 e. The highest BCUT2D eigenvalue weighted by Gasteiger charge is 2.52. The molecule has 3 unspecified atom stereocenters. The van der Waals surface area contributed by atoms with Crippen molar-refractivity contribution in [3.05, 3.63) is 0 Å². The molecule has 3 atom stereocenters. The predicted molar refractivity (Wildman–Crippen MR) is 83.3 cm³/mol. The molecule has 4 heteroatoms. The van der Waals surface area contributed by atoms with E-state index in [1.54, 1.807) is 0 Å².